The first-order chi connectivity index (χ1) is 11.9. The maximum Gasteiger partial charge on any atom is 0.269 e. The van der Waals surface area contributed by atoms with Crippen LogP contribution in [0.15, 0.2) is 46.8 Å². The van der Waals surface area contributed by atoms with Crippen LogP contribution in [0, 0.1) is 14.1 Å². The number of aromatic nitrogens is 2. The summed E-state index contributed by atoms with van der Waals surface area (Å²) in [4.78, 5) is 10.4. The number of halogens is 2. The molecule has 1 aromatic heterocycles. The van der Waals surface area contributed by atoms with Crippen LogP contribution in [0.3, 0.4) is 0 Å². The van der Waals surface area contributed by atoms with Crippen molar-refractivity contribution in [3.05, 3.63) is 72.1 Å². The largest absolute Gasteiger partial charge is 0.269 e. The zero-order valence-electron chi connectivity index (χ0n) is 12.4. The van der Waals surface area contributed by atoms with Crippen molar-refractivity contribution < 1.29 is 4.92 Å². The highest BCUT2D eigenvalue weighted by Gasteiger charge is 2.10. The normalized spacial score (nSPS) is 10.8. The lowest BCUT2D eigenvalue weighted by Crippen LogP contribution is -1.96. The second-order valence-corrected chi connectivity index (χ2v) is 8.52. The van der Waals surface area contributed by atoms with Crippen LogP contribution in [0.4, 0.5) is 5.69 Å². The summed E-state index contributed by atoms with van der Waals surface area (Å²) in [6.07, 6.45) is 0. The number of thioether (sulfide) groups is 1. The van der Waals surface area contributed by atoms with Crippen LogP contribution in [-0.2, 0) is 5.75 Å². The number of non-ortho nitro benzene ring substituents is 1. The van der Waals surface area contributed by atoms with Crippen molar-refractivity contribution >= 4 is 64.2 Å². The van der Waals surface area contributed by atoms with Gasteiger partial charge in [-0.2, -0.15) is 0 Å². The van der Waals surface area contributed by atoms with Crippen molar-refractivity contribution in [1.29, 1.82) is 0 Å². The molecule has 0 fully saturated rings. The Hall–Kier alpha value is -1.45. The van der Waals surface area contributed by atoms with Crippen molar-refractivity contribution in [3.63, 3.8) is 0 Å². The van der Waals surface area contributed by atoms with E-state index < -0.39 is 4.92 Å². The predicted octanol–water partition coefficient (Wildman–Crippen LogP) is 6.17. The Labute approximate surface area is 166 Å². The van der Waals surface area contributed by atoms with E-state index in [1.807, 2.05) is 6.07 Å². The lowest BCUT2D eigenvalue weighted by atomic mass is 10.2. The van der Waals surface area contributed by atoms with Gasteiger partial charge in [-0.1, -0.05) is 58.4 Å². The number of nitrogens with zero attached hydrogens (tertiary/aromatic N) is 3. The van der Waals surface area contributed by atoms with E-state index in [1.165, 1.54) is 29.2 Å². The lowest BCUT2D eigenvalue weighted by molar-refractivity contribution is -0.384. The summed E-state index contributed by atoms with van der Waals surface area (Å²) in [6, 6.07) is 11.7. The van der Waals surface area contributed by atoms with Crippen LogP contribution in [-0.4, -0.2) is 14.7 Å². The van der Waals surface area contributed by atoms with E-state index in [9.17, 15) is 10.1 Å². The van der Waals surface area contributed by atoms with Crippen molar-refractivity contribution in [2.45, 2.75) is 10.1 Å². The Morgan fingerprint density at radius 2 is 2.04 bits per heavy atom. The van der Waals surface area contributed by atoms with Crippen LogP contribution in [0.5, 0.6) is 0 Å². The molecule has 0 aliphatic rings. The van der Waals surface area contributed by atoms with Crippen LogP contribution < -0.4 is 0 Å². The Balaban J connectivity index is 1.79. The molecule has 10 heteroatoms. The predicted molar refractivity (Wildman–Crippen MR) is 105 cm³/mol. The quantitative estimate of drug-likeness (QED) is 0.210. The first kappa shape index (κ1) is 18.3. The van der Waals surface area contributed by atoms with Gasteiger partial charge in [0.25, 0.3) is 5.69 Å². The molecule has 0 saturated heterocycles. The van der Waals surface area contributed by atoms with Gasteiger partial charge in [-0.3, -0.25) is 10.1 Å². The summed E-state index contributed by atoms with van der Waals surface area (Å²) >= 11 is 20.2. The van der Waals surface area contributed by atoms with E-state index in [-0.39, 0.29) is 5.69 Å². The van der Waals surface area contributed by atoms with Gasteiger partial charge >= 0.3 is 0 Å². The lowest BCUT2D eigenvalue weighted by Gasteiger charge is -2.02. The third-order valence-electron chi connectivity index (χ3n) is 3.16. The average molecular weight is 430 g/mol. The molecule has 0 unspecified atom stereocenters. The molecule has 0 atom stereocenters. The molecule has 2 aromatic carbocycles. The molecule has 0 aliphatic heterocycles. The summed E-state index contributed by atoms with van der Waals surface area (Å²) in [5.41, 5.74) is 1.66. The third kappa shape index (κ3) is 4.39. The Bertz CT molecular complexity index is 1000. The molecular formula is C15H9Cl2N3O2S3. The minimum atomic E-state index is -0.406. The van der Waals surface area contributed by atoms with Gasteiger partial charge in [-0.15, -0.1) is 5.10 Å². The number of rotatable bonds is 5. The smallest absolute Gasteiger partial charge is 0.258 e. The summed E-state index contributed by atoms with van der Waals surface area (Å²) in [7, 11) is 0. The fourth-order valence-corrected chi connectivity index (χ4v) is 4.60. The molecule has 1 heterocycles. The molecule has 3 aromatic rings. The minimum absolute atomic E-state index is 0.0760. The van der Waals surface area contributed by atoms with Crippen LogP contribution >= 0.6 is 58.5 Å². The van der Waals surface area contributed by atoms with Crippen molar-refractivity contribution in [2.24, 2.45) is 0 Å². The number of benzene rings is 2. The van der Waals surface area contributed by atoms with E-state index in [2.05, 4.69) is 5.10 Å². The van der Waals surface area contributed by atoms with Gasteiger partial charge in [0.1, 0.15) is 0 Å². The topological polar surface area (TPSA) is 61.0 Å². The number of hydrogen-bond donors (Lipinski definition) is 0. The molecule has 0 spiro atoms. The van der Waals surface area contributed by atoms with E-state index in [1.54, 1.807) is 35.0 Å². The fourth-order valence-electron chi connectivity index (χ4n) is 2.00. The Morgan fingerprint density at radius 1 is 1.24 bits per heavy atom. The first-order valence-corrected chi connectivity index (χ1v) is 9.82. The highest BCUT2D eigenvalue weighted by atomic mass is 35.5. The molecule has 5 nitrogen and oxygen atoms in total. The second-order valence-electron chi connectivity index (χ2n) is 4.86. The standard InChI is InChI=1S/C15H9Cl2N3O2S3/c16-12-5-4-10(7-13(12)17)19-15(23)25-14(18-19)24-8-9-2-1-3-11(6-9)20(21)22/h1-7H,8H2. The zero-order valence-corrected chi connectivity index (χ0v) is 16.3. The summed E-state index contributed by atoms with van der Waals surface area (Å²) in [6.45, 7) is 0. The SMILES string of the molecule is O=[N+]([O-])c1cccc(CSc2nn(-c3ccc(Cl)c(Cl)c3)c(=S)s2)c1. The second kappa shape index (κ2) is 7.84. The highest BCUT2D eigenvalue weighted by Crippen LogP contribution is 2.30. The monoisotopic (exact) mass is 429 g/mol. The maximum atomic E-state index is 10.8. The molecule has 0 N–H and O–H groups in total. The van der Waals surface area contributed by atoms with E-state index >= 15 is 0 Å². The molecule has 0 bridgehead atoms. The minimum Gasteiger partial charge on any atom is -0.258 e. The van der Waals surface area contributed by atoms with Gasteiger partial charge in [-0.05, 0) is 36.0 Å². The molecule has 0 saturated carbocycles. The van der Waals surface area contributed by atoms with Crippen molar-refractivity contribution in [3.8, 4) is 5.69 Å². The van der Waals surface area contributed by atoms with Gasteiger partial charge < -0.3 is 0 Å². The van der Waals surface area contributed by atoms with E-state index in [0.29, 0.717) is 19.8 Å². The van der Waals surface area contributed by atoms with Gasteiger partial charge in [0.2, 0.25) is 0 Å². The van der Waals surface area contributed by atoms with Crippen LogP contribution in [0.1, 0.15) is 5.56 Å². The van der Waals surface area contributed by atoms with Crippen molar-refractivity contribution in [2.75, 3.05) is 0 Å². The molecule has 0 radical (unpaired) electrons. The molecule has 25 heavy (non-hydrogen) atoms. The van der Waals surface area contributed by atoms with Gasteiger partial charge in [0, 0.05) is 17.9 Å². The van der Waals surface area contributed by atoms with E-state index in [0.717, 1.165) is 15.6 Å². The fraction of sp³-hybridized carbons (Fsp3) is 0.0667. The van der Waals surface area contributed by atoms with Crippen LogP contribution in [0.2, 0.25) is 10.0 Å². The highest BCUT2D eigenvalue weighted by molar-refractivity contribution is 8.00. The molecule has 0 amide bonds. The van der Waals surface area contributed by atoms with Gasteiger partial charge in [0.05, 0.1) is 20.7 Å². The number of nitro groups is 1. The zero-order chi connectivity index (χ0) is 18.0. The van der Waals surface area contributed by atoms with Crippen molar-refractivity contribution in [1.82, 2.24) is 9.78 Å². The Kier molecular flexibility index (Phi) is 5.75. The molecule has 128 valence electrons. The summed E-state index contributed by atoms with van der Waals surface area (Å²) in [5.74, 6) is 0.561. The summed E-state index contributed by atoms with van der Waals surface area (Å²) < 4.78 is 2.97. The van der Waals surface area contributed by atoms with Crippen LogP contribution in [0.25, 0.3) is 5.69 Å². The van der Waals surface area contributed by atoms with E-state index in [4.69, 9.17) is 35.4 Å². The molecular weight excluding hydrogens is 421 g/mol. The Morgan fingerprint density at radius 3 is 2.76 bits per heavy atom. The van der Waals surface area contributed by atoms with Gasteiger partial charge in [-0.25, -0.2) is 4.68 Å². The number of nitro benzene ring substituents is 1. The van der Waals surface area contributed by atoms with Gasteiger partial charge in [0.15, 0.2) is 8.29 Å². The molecule has 0 aliphatic carbocycles. The third-order valence-corrected chi connectivity index (χ3v) is 6.34. The maximum absolute atomic E-state index is 10.8. The first-order valence-electron chi connectivity index (χ1n) is 6.86. The average Bonchev–Trinajstić information content (AvgIpc) is 2.96. The summed E-state index contributed by atoms with van der Waals surface area (Å²) in [5, 5.41) is 16.2. The number of hydrogen-bond acceptors (Lipinski definition) is 6. The molecule has 3 rings (SSSR count).